The van der Waals surface area contributed by atoms with Crippen LogP contribution in [0.1, 0.15) is 50.8 Å². The summed E-state index contributed by atoms with van der Waals surface area (Å²) in [5, 5.41) is 0. The van der Waals surface area contributed by atoms with E-state index in [0.29, 0.717) is 5.92 Å². The number of nitrogens with zero attached hydrogens (tertiary/aromatic N) is 1. The molecule has 3 N–H and O–H groups in total. The first-order valence-electron chi connectivity index (χ1n) is 6.60. The molecule has 1 aromatic rings. The number of hydrogen-bond donors (Lipinski definition) is 2. The maximum Gasteiger partial charge on any atom is 0.107 e. The van der Waals surface area contributed by atoms with Gasteiger partial charge in [0.25, 0.3) is 0 Å². The Morgan fingerprint density at radius 3 is 2.56 bits per heavy atom. The molecule has 1 aliphatic carbocycles. The summed E-state index contributed by atoms with van der Waals surface area (Å²) in [6.07, 6.45) is 14.1. The number of rotatable bonds is 3. The molecule has 0 aliphatic heterocycles. The number of hydrogen-bond acceptors (Lipinski definition) is 2. The fraction of sp³-hybridized carbons (Fsp3) is 0.769. The van der Waals surface area contributed by atoms with E-state index in [2.05, 4.69) is 9.97 Å². The highest BCUT2D eigenvalue weighted by Crippen LogP contribution is 2.25. The summed E-state index contributed by atoms with van der Waals surface area (Å²) in [5.74, 6) is 1.74. The number of H-pyrrole nitrogens is 1. The highest BCUT2D eigenvalue weighted by molar-refractivity contribution is 4.92. The Labute approximate surface area is 97.8 Å². The maximum atomic E-state index is 6.30. The van der Waals surface area contributed by atoms with Crippen LogP contribution in [0.2, 0.25) is 0 Å². The molecule has 0 radical (unpaired) electrons. The average Bonchev–Trinajstić information content (AvgIpc) is 2.69. The lowest BCUT2D eigenvalue weighted by molar-refractivity contribution is 0.320. The topological polar surface area (TPSA) is 54.7 Å². The summed E-state index contributed by atoms with van der Waals surface area (Å²) >= 11 is 0. The van der Waals surface area contributed by atoms with Gasteiger partial charge in [-0.1, -0.05) is 32.1 Å². The van der Waals surface area contributed by atoms with Crippen molar-refractivity contribution in [2.75, 3.05) is 0 Å². The fourth-order valence-corrected chi connectivity index (χ4v) is 2.72. The molecule has 90 valence electrons. The van der Waals surface area contributed by atoms with Gasteiger partial charge in [0, 0.05) is 24.9 Å². The summed E-state index contributed by atoms with van der Waals surface area (Å²) in [6.45, 7) is 0. The van der Waals surface area contributed by atoms with Crippen LogP contribution in [0.4, 0.5) is 0 Å². The van der Waals surface area contributed by atoms with Gasteiger partial charge < -0.3 is 10.7 Å². The predicted molar refractivity (Wildman–Crippen MR) is 66.1 cm³/mol. The van der Waals surface area contributed by atoms with Gasteiger partial charge in [-0.05, 0) is 18.8 Å². The zero-order valence-electron chi connectivity index (χ0n) is 9.99. The minimum absolute atomic E-state index is 0.282. The van der Waals surface area contributed by atoms with Crippen molar-refractivity contribution in [3.05, 3.63) is 18.2 Å². The second-order valence-corrected chi connectivity index (χ2v) is 5.01. The monoisotopic (exact) mass is 221 g/mol. The normalized spacial score (nSPS) is 21.3. The highest BCUT2D eigenvalue weighted by Gasteiger charge is 2.19. The molecule has 16 heavy (non-hydrogen) atoms. The lowest BCUT2D eigenvalue weighted by Gasteiger charge is -2.25. The average molecular weight is 221 g/mol. The molecule has 1 unspecified atom stereocenters. The molecule has 1 heterocycles. The molecule has 2 rings (SSSR count). The summed E-state index contributed by atoms with van der Waals surface area (Å²) in [6, 6.07) is 0.282. The number of imidazole rings is 1. The van der Waals surface area contributed by atoms with E-state index in [1.807, 2.05) is 6.20 Å². The van der Waals surface area contributed by atoms with Gasteiger partial charge in [-0.3, -0.25) is 0 Å². The minimum Gasteiger partial charge on any atom is -0.349 e. The minimum atomic E-state index is 0.282. The molecule has 1 aliphatic rings. The Morgan fingerprint density at radius 2 is 1.94 bits per heavy atom. The first kappa shape index (κ1) is 11.6. The summed E-state index contributed by atoms with van der Waals surface area (Å²) in [4.78, 5) is 7.40. The molecule has 0 aromatic carbocycles. The van der Waals surface area contributed by atoms with Crippen LogP contribution in [-0.4, -0.2) is 16.0 Å². The maximum absolute atomic E-state index is 6.30. The van der Waals surface area contributed by atoms with Crippen LogP contribution in [0.3, 0.4) is 0 Å². The molecule has 1 saturated carbocycles. The van der Waals surface area contributed by atoms with Crippen molar-refractivity contribution >= 4 is 0 Å². The van der Waals surface area contributed by atoms with Gasteiger partial charge in [-0.15, -0.1) is 0 Å². The van der Waals surface area contributed by atoms with Crippen molar-refractivity contribution in [2.45, 2.75) is 57.4 Å². The van der Waals surface area contributed by atoms with Crippen LogP contribution in [-0.2, 0) is 6.42 Å². The van der Waals surface area contributed by atoms with E-state index < -0.39 is 0 Å². The van der Waals surface area contributed by atoms with E-state index in [0.717, 1.165) is 12.2 Å². The van der Waals surface area contributed by atoms with E-state index in [-0.39, 0.29) is 6.04 Å². The van der Waals surface area contributed by atoms with Gasteiger partial charge in [0.05, 0.1) is 0 Å². The second-order valence-electron chi connectivity index (χ2n) is 5.01. The van der Waals surface area contributed by atoms with Crippen molar-refractivity contribution in [3.63, 3.8) is 0 Å². The summed E-state index contributed by atoms with van der Waals surface area (Å²) in [7, 11) is 0. The first-order chi connectivity index (χ1) is 7.86. The van der Waals surface area contributed by atoms with Crippen LogP contribution in [0, 0.1) is 5.92 Å². The predicted octanol–water partition coefficient (Wildman–Crippen LogP) is 2.64. The lowest BCUT2D eigenvalue weighted by atomic mass is 9.85. The van der Waals surface area contributed by atoms with E-state index in [1.165, 1.54) is 44.9 Å². The van der Waals surface area contributed by atoms with Gasteiger partial charge in [-0.25, -0.2) is 4.98 Å². The molecular formula is C13H23N3. The van der Waals surface area contributed by atoms with Gasteiger partial charge in [0.1, 0.15) is 5.82 Å². The highest BCUT2D eigenvalue weighted by atomic mass is 14.9. The van der Waals surface area contributed by atoms with Crippen LogP contribution in [0.5, 0.6) is 0 Å². The van der Waals surface area contributed by atoms with E-state index in [1.54, 1.807) is 6.20 Å². The van der Waals surface area contributed by atoms with Crippen LogP contribution < -0.4 is 5.73 Å². The standard InChI is InChI=1S/C13H23N3/c14-12(10-13-15-8-9-16-13)11-6-4-2-1-3-5-7-11/h8-9,11-12H,1-7,10,14H2,(H,15,16). The van der Waals surface area contributed by atoms with E-state index >= 15 is 0 Å². The zero-order valence-corrected chi connectivity index (χ0v) is 9.99. The quantitative estimate of drug-likeness (QED) is 0.824. The molecular weight excluding hydrogens is 198 g/mol. The fourth-order valence-electron chi connectivity index (χ4n) is 2.72. The molecule has 3 heteroatoms. The number of nitrogens with one attached hydrogen (secondary N) is 1. The largest absolute Gasteiger partial charge is 0.349 e. The van der Waals surface area contributed by atoms with E-state index in [4.69, 9.17) is 5.73 Å². The molecule has 1 aromatic heterocycles. The lowest BCUT2D eigenvalue weighted by Crippen LogP contribution is -2.33. The van der Waals surface area contributed by atoms with Crippen molar-refractivity contribution in [1.82, 2.24) is 9.97 Å². The first-order valence-corrected chi connectivity index (χ1v) is 6.60. The SMILES string of the molecule is NC(Cc1ncc[nH]1)C1CCCCCCC1. The Balaban J connectivity index is 1.84. The van der Waals surface area contributed by atoms with Crippen molar-refractivity contribution in [2.24, 2.45) is 11.7 Å². The Bertz CT molecular complexity index is 273. The van der Waals surface area contributed by atoms with Crippen molar-refractivity contribution in [3.8, 4) is 0 Å². The van der Waals surface area contributed by atoms with Gasteiger partial charge in [0.15, 0.2) is 0 Å². The number of aromatic amines is 1. The molecule has 0 spiro atoms. The molecule has 0 amide bonds. The molecule has 3 nitrogen and oxygen atoms in total. The second kappa shape index (κ2) is 6.04. The van der Waals surface area contributed by atoms with Gasteiger partial charge in [-0.2, -0.15) is 0 Å². The van der Waals surface area contributed by atoms with Crippen molar-refractivity contribution < 1.29 is 0 Å². The zero-order chi connectivity index (χ0) is 11.2. The van der Waals surface area contributed by atoms with Crippen molar-refractivity contribution in [1.29, 1.82) is 0 Å². The smallest absolute Gasteiger partial charge is 0.107 e. The van der Waals surface area contributed by atoms with Crippen LogP contribution in [0.25, 0.3) is 0 Å². The van der Waals surface area contributed by atoms with Gasteiger partial charge in [0.2, 0.25) is 0 Å². The third-order valence-electron chi connectivity index (χ3n) is 3.74. The molecule has 0 bridgehead atoms. The Hall–Kier alpha value is -0.830. The number of aromatic nitrogens is 2. The Kier molecular flexibility index (Phi) is 4.40. The summed E-state index contributed by atoms with van der Waals surface area (Å²) < 4.78 is 0. The Morgan fingerprint density at radius 1 is 1.25 bits per heavy atom. The van der Waals surface area contributed by atoms with Gasteiger partial charge >= 0.3 is 0 Å². The third kappa shape index (κ3) is 3.34. The molecule has 1 atom stereocenters. The molecule has 0 saturated heterocycles. The van der Waals surface area contributed by atoms with Crippen LogP contribution in [0.15, 0.2) is 12.4 Å². The van der Waals surface area contributed by atoms with Crippen LogP contribution >= 0.6 is 0 Å². The molecule has 1 fully saturated rings. The number of nitrogens with two attached hydrogens (primary N) is 1. The van der Waals surface area contributed by atoms with E-state index in [9.17, 15) is 0 Å². The third-order valence-corrected chi connectivity index (χ3v) is 3.74. The summed E-state index contributed by atoms with van der Waals surface area (Å²) in [5.41, 5.74) is 6.30.